The van der Waals surface area contributed by atoms with E-state index in [2.05, 4.69) is 15.2 Å². The van der Waals surface area contributed by atoms with Gasteiger partial charge in [-0.3, -0.25) is 0 Å². The van der Waals surface area contributed by atoms with Crippen molar-refractivity contribution in [2.45, 2.75) is 0 Å². The van der Waals surface area contributed by atoms with Crippen LogP contribution in [0, 0.1) is 0 Å². The van der Waals surface area contributed by atoms with Gasteiger partial charge in [-0.2, -0.15) is 0 Å². The molecule has 0 unspecified atom stereocenters. The van der Waals surface area contributed by atoms with Crippen LogP contribution in [0.25, 0.3) is 10.2 Å². The third-order valence-corrected chi connectivity index (χ3v) is 4.48. The third-order valence-electron chi connectivity index (χ3n) is 3.33. The van der Waals surface area contributed by atoms with E-state index < -0.39 is 5.97 Å². The van der Waals surface area contributed by atoms with Gasteiger partial charge in [0.25, 0.3) is 0 Å². The summed E-state index contributed by atoms with van der Waals surface area (Å²) in [6.45, 7) is 3.59. The average Bonchev–Trinajstić information content (AvgIpc) is 2.91. The Balaban J connectivity index is 2.12. The van der Waals surface area contributed by atoms with Gasteiger partial charge in [-0.15, -0.1) is 0 Å². The number of aromatic carboxylic acids is 1. The first kappa shape index (κ1) is 13.1. The predicted octanol–water partition coefficient (Wildman–Crippen LogP) is 1.41. The lowest BCUT2D eigenvalue weighted by molar-refractivity contribution is 0.0699. The highest BCUT2D eigenvalue weighted by Crippen LogP contribution is 2.36. The number of thiazole rings is 1. The van der Waals surface area contributed by atoms with Crippen molar-refractivity contribution in [1.82, 2.24) is 10.3 Å². The molecule has 0 aliphatic carbocycles. The normalized spacial score (nSPS) is 15.6. The summed E-state index contributed by atoms with van der Waals surface area (Å²) in [7, 11) is 1.57. The SMILES string of the molecule is COc1ccc(C(=O)O)c2sc(N3CCNCC3)nc12. The number of anilines is 1. The zero-order chi connectivity index (χ0) is 14.1. The van der Waals surface area contributed by atoms with Gasteiger partial charge in [-0.25, -0.2) is 9.78 Å². The molecule has 1 saturated heterocycles. The number of hydrogen-bond acceptors (Lipinski definition) is 6. The molecule has 0 bridgehead atoms. The maximum atomic E-state index is 11.3. The molecular formula is C13H15N3O3S. The number of fused-ring (bicyclic) bond motifs is 1. The molecule has 20 heavy (non-hydrogen) atoms. The minimum atomic E-state index is -0.937. The summed E-state index contributed by atoms with van der Waals surface area (Å²) in [5.74, 6) is -0.323. The number of carboxylic acids is 1. The zero-order valence-electron chi connectivity index (χ0n) is 11.0. The molecular weight excluding hydrogens is 278 g/mol. The van der Waals surface area contributed by atoms with Crippen molar-refractivity contribution in [3.05, 3.63) is 17.7 Å². The number of ether oxygens (including phenoxy) is 1. The highest BCUT2D eigenvalue weighted by molar-refractivity contribution is 7.22. The van der Waals surface area contributed by atoms with E-state index in [1.807, 2.05) is 0 Å². The monoisotopic (exact) mass is 293 g/mol. The molecule has 1 aromatic carbocycles. The summed E-state index contributed by atoms with van der Waals surface area (Å²) in [6.07, 6.45) is 0. The molecule has 0 amide bonds. The van der Waals surface area contributed by atoms with Gasteiger partial charge in [0.2, 0.25) is 0 Å². The standard InChI is InChI=1S/C13H15N3O3S/c1-19-9-3-2-8(12(17)18)11-10(9)15-13(20-11)16-6-4-14-5-7-16/h2-3,14H,4-7H2,1H3,(H,17,18). The van der Waals surface area contributed by atoms with Gasteiger partial charge in [0.05, 0.1) is 17.4 Å². The van der Waals surface area contributed by atoms with Gasteiger partial charge >= 0.3 is 5.97 Å². The van der Waals surface area contributed by atoms with Gasteiger partial charge in [0.1, 0.15) is 11.3 Å². The average molecular weight is 293 g/mol. The minimum Gasteiger partial charge on any atom is -0.494 e. The molecule has 2 aromatic rings. The Morgan fingerprint density at radius 2 is 2.20 bits per heavy atom. The van der Waals surface area contributed by atoms with E-state index in [4.69, 9.17) is 4.74 Å². The summed E-state index contributed by atoms with van der Waals surface area (Å²) in [5.41, 5.74) is 0.908. The van der Waals surface area contributed by atoms with Crippen LogP contribution >= 0.6 is 11.3 Å². The zero-order valence-corrected chi connectivity index (χ0v) is 11.9. The van der Waals surface area contributed by atoms with Crippen LogP contribution in [-0.2, 0) is 0 Å². The van der Waals surface area contributed by atoms with Crippen LogP contribution in [0.15, 0.2) is 12.1 Å². The number of benzene rings is 1. The van der Waals surface area contributed by atoms with Gasteiger partial charge in [0, 0.05) is 26.2 Å². The molecule has 7 heteroatoms. The first-order valence-corrected chi connectivity index (χ1v) is 7.19. The molecule has 3 rings (SSSR count). The van der Waals surface area contributed by atoms with Crippen molar-refractivity contribution in [3.8, 4) is 5.75 Å². The molecule has 1 aromatic heterocycles. The van der Waals surface area contributed by atoms with Crippen LogP contribution in [0.3, 0.4) is 0 Å². The summed E-state index contributed by atoms with van der Waals surface area (Å²) in [6, 6.07) is 3.23. The molecule has 0 saturated carbocycles. The molecule has 0 spiro atoms. The first-order chi connectivity index (χ1) is 9.70. The molecule has 1 aliphatic heterocycles. The van der Waals surface area contributed by atoms with Crippen LogP contribution in [-0.4, -0.2) is 49.3 Å². The second-order valence-corrected chi connectivity index (χ2v) is 5.51. The summed E-state index contributed by atoms with van der Waals surface area (Å²) in [4.78, 5) is 18.1. The van der Waals surface area contributed by atoms with Crippen LogP contribution in [0.4, 0.5) is 5.13 Å². The van der Waals surface area contributed by atoms with Gasteiger partial charge < -0.3 is 20.1 Å². The van der Waals surface area contributed by atoms with Crippen LogP contribution < -0.4 is 15.0 Å². The quantitative estimate of drug-likeness (QED) is 0.891. The predicted molar refractivity (Wildman–Crippen MR) is 78.2 cm³/mol. The molecule has 1 fully saturated rings. The molecule has 0 atom stereocenters. The number of hydrogen-bond donors (Lipinski definition) is 2. The van der Waals surface area contributed by atoms with E-state index in [-0.39, 0.29) is 5.56 Å². The second kappa shape index (κ2) is 5.26. The van der Waals surface area contributed by atoms with Crippen molar-refractivity contribution in [2.75, 3.05) is 38.2 Å². The van der Waals surface area contributed by atoms with Gasteiger partial charge in [0.15, 0.2) is 5.13 Å². The van der Waals surface area contributed by atoms with E-state index in [9.17, 15) is 9.90 Å². The fraction of sp³-hybridized carbons (Fsp3) is 0.385. The number of carboxylic acid groups (broad SMARTS) is 1. The first-order valence-electron chi connectivity index (χ1n) is 6.37. The topological polar surface area (TPSA) is 74.7 Å². The van der Waals surface area contributed by atoms with Gasteiger partial charge in [-0.1, -0.05) is 11.3 Å². The van der Waals surface area contributed by atoms with E-state index in [0.717, 1.165) is 31.3 Å². The van der Waals surface area contributed by atoms with E-state index >= 15 is 0 Å². The maximum Gasteiger partial charge on any atom is 0.337 e. The maximum absolute atomic E-state index is 11.3. The summed E-state index contributed by atoms with van der Waals surface area (Å²) >= 11 is 1.41. The highest BCUT2D eigenvalue weighted by Gasteiger charge is 2.20. The Labute approximate surface area is 120 Å². The third kappa shape index (κ3) is 2.19. The van der Waals surface area contributed by atoms with Crippen LogP contribution in [0.1, 0.15) is 10.4 Å². The summed E-state index contributed by atoms with van der Waals surface area (Å²) in [5, 5.41) is 13.4. The van der Waals surface area contributed by atoms with E-state index in [0.29, 0.717) is 16.0 Å². The number of nitrogens with zero attached hydrogens (tertiary/aromatic N) is 2. The fourth-order valence-corrected chi connectivity index (χ4v) is 3.44. The molecule has 106 valence electrons. The smallest absolute Gasteiger partial charge is 0.337 e. The van der Waals surface area contributed by atoms with Crippen molar-refractivity contribution < 1.29 is 14.6 Å². The molecule has 2 N–H and O–H groups in total. The second-order valence-electron chi connectivity index (χ2n) is 4.53. The number of piperazine rings is 1. The van der Waals surface area contributed by atoms with Gasteiger partial charge in [-0.05, 0) is 12.1 Å². The fourth-order valence-electron chi connectivity index (χ4n) is 2.30. The van der Waals surface area contributed by atoms with Crippen molar-refractivity contribution >= 4 is 32.7 Å². The number of nitrogens with one attached hydrogen (secondary N) is 1. The molecule has 6 nitrogen and oxygen atoms in total. The van der Waals surface area contributed by atoms with E-state index in [1.54, 1.807) is 19.2 Å². The van der Waals surface area contributed by atoms with Crippen molar-refractivity contribution in [3.63, 3.8) is 0 Å². The number of methoxy groups -OCH3 is 1. The summed E-state index contributed by atoms with van der Waals surface area (Å²) < 4.78 is 5.95. The lowest BCUT2D eigenvalue weighted by Crippen LogP contribution is -2.43. The molecule has 2 heterocycles. The lowest BCUT2D eigenvalue weighted by Gasteiger charge is -2.26. The lowest BCUT2D eigenvalue weighted by atomic mass is 10.2. The minimum absolute atomic E-state index is 0.277. The van der Waals surface area contributed by atoms with Crippen LogP contribution in [0.2, 0.25) is 0 Å². The Morgan fingerprint density at radius 3 is 2.85 bits per heavy atom. The molecule has 1 aliphatic rings. The van der Waals surface area contributed by atoms with Crippen molar-refractivity contribution in [1.29, 1.82) is 0 Å². The highest BCUT2D eigenvalue weighted by atomic mass is 32.1. The number of carbonyl (C=O) groups is 1. The number of aromatic nitrogens is 1. The largest absolute Gasteiger partial charge is 0.494 e. The Morgan fingerprint density at radius 1 is 1.45 bits per heavy atom. The Hall–Kier alpha value is -1.86. The van der Waals surface area contributed by atoms with Crippen molar-refractivity contribution in [2.24, 2.45) is 0 Å². The Bertz CT molecular complexity index is 650. The Kier molecular flexibility index (Phi) is 3.45. The number of rotatable bonds is 3. The van der Waals surface area contributed by atoms with Crippen LogP contribution in [0.5, 0.6) is 5.75 Å². The van der Waals surface area contributed by atoms with E-state index in [1.165, 1.54) is 11.3 Å². The molecule has 0 radical (unpaired) electrons.